The van der Waals surface area contributed by atoms with Crippen molar-refractivity contribution in [3.8, 4) is 0 Å². The predicted octanol–water partition coefficient (Wildman–Crippen LogP) is 4.97. The Labute approximate surface area is 191 Å². The van der Waals surface area contributed by atoms with Crippen LogP contribution in [0.4, 0.5) is 0 Å². The summed E-state index contributed by atoms with van der Waals surface area (Å²) < 4.78 is 7.06. The number of furan rings is 1. The quantitative estimate of drug-likeness (QED) is 0.252. The summed E-state index contributed by atoms with van der Waals surface area (Å²) in [6, 6.07) is 12.4. The van der Waals surface area contributed by atoms with E-state index in [2.05, 4.69) is 26.1 Å². The average Bonchev–Trinajstić information content (AvgIpc) is 3.22. The van der Waals surface area contributed by atoms with Gasteiger partial charge in [0, 0.05) is 12.1 Å². The van der Waals surface area contributed by atoms with Gasteiger partial charge in [0.15, 0.2) is 17.4 Å². The van der Waals surface area contributed by atoms with Crippen LogP contribution in [0.2, 0.25) is 10.0 Å². The van der Waals surface area contributed by atoms with Crippen LogP contribution in [0, 0.1) is 0 Å². The fourth-order valence-corrected chi connectivity index (χ4v) is 3.42. The summed E-state index contributed by atoms with van der Waals surface area (Å²) in [6.07, 6.45) is 5.27. The number of nitrogens with one attached hydrogen (secondary N) is 1. The van der Waals surface area contributed by atoms with Gasteiger partial charge in [0.2, 0.25) is 5.70 Å². The third kappa shape index (κ3) is 5.22. The zero-order chi connectivity index (χ0) is 21.9. The van der Waals surface area contributed by atoms with E-state index >= 15 is 0 Å². The van der Waals surface area contributed by atoms with Crippen molar-refractivity contribution in [3.63, 3.8) is 0 Å². The molecule has 0 bridgehead atoms. The summed E-state index contributed by atoms with van der Waals surface area (Å²) >= 11 is 17.7. The number of nitrogens with zero attached hydrogens (tertiary/aromatic N) is 1. The van der Waals surface area contributed by atoms with Crippen LogP contribution in [0.3, 0.4) is 0 Å². The van der Waals surface area contributed by atoms with Crippen molar-refractivity contribution in [3.05, 3.63) is 88.1 Å². The minimum Gasteiger partial charge on any atom is -0.867 e. The first-order valence-corrected chi connectivity index (χ1v) is 10.5. The first kappa shape index (κ1) is 22.3. The van der Waals surface area contributed by atoms with Crippen molar-refractivity contribution in [2.24, 2.45) is 0 Å². The molecule has 0 atom stereocenters. The summed E-state index contributed by atoms with van der Waals surface area (Å²) in [5.41, 5.74) is 1.85. The molecule has 1 aromatic carbocycles. The summed E-state index contributed by atoms with van der Waals surface area (Å²) in [6.45, 7) is 6.76. The van der Waals surface area contributed by atoms with E-state index in [1.54, 1.807) is 35.1 Å². The van der Waals surface area contributed by atoms with E-state index in [1.807, 2.05) is 30.6 Å². The fourth-order valence-electron chi connectivity index (χ4n) is 2.85. The molecule has 3 aromatic rings. The standard InChI is InChI=1S/C23H22Cl2N2O2S/c1-23(2,3)16-8-10-27(11-9-16)20(22(30)26-14-17-5-4-12-29-17)21(28)15-6-7-18(24)19(25)13-15/h4-13H,14H2,1-3H3,(H-,26,28,30). The van der Waals surface area contributed by atoms with E-state index in [4.69, 9.17) is 39.8 Å². The molecule has 0 amide bonds. The highest BCUT2D eigenvalue weighted by Crippen LogP contribution is 2.26. The van der Waals surface area contributed by atoms with E-state index in [0.717, 1.165) is 5.56 Å². The van der Waals surface area contributed by atoms with Crippen molar-refractivity contribution in [1.82, 2.24) is 5.32 Å². The molecule has 3 rings (SSSR count). The Morgan fingerprint density at radius 2 is 1.80 bits per heavy atom. The Kier molecular flexibility index (Phi) is 6.86. The van der Waals surface area contributed by atoms with Crippen molar-refractivity contribution in [2.75, 3.05) is 0 Å². The first-order valence-electron chi connectivity index (χ1n) is 9.36. The highest BCUT2D eigenvalue weighted by Gasteiger charge is 2.21. The molecule has 0 saturated carbocycles. The van der Waals surface area contributed by atoms with Gasteiger partial charge in [0.25, 0.3) is 0 Å². The summed E-state index contributed by atoms with van der Waals surface area (Å²) in [5, 5.41) is 17.2. The van der Waals surface area contributed by atoms with Gasteiger partial charge in [-0.15, -0.1) is 0 Å². The van der Waals surface area contributed by atoms with Gasteiger partial charge in [0.1, 0.15) is 5.76 Å². The zero-order valence-corrected chi connectivity index (χ0v) is 19.2. The summed E-state index contributed by atoms with van der Waals surface area (Å²) in [4.78, 5) is 0.302. The molecule has 2 aromatic heterocycles. The lowest BCUT2D eigenvalue weighted by Gasteiger charge is -2.19. The second kappa shape index (κ2) is 9.21. The molecule has 0 aliphatic rings. The predicted molar refractivity (Wildman–Crippen MR) is 123 cm³/mol. The first-order chi connectivity index (χ1) is 14.2. The Hall–Kier alpha value is -2.34. The van der Waals surface area contributed by atoms with Gasteiger partial charge < -0.3 is 14.8 Å². The van der Waals surface area contributed by atoms with Crippen molar-refractivity contribution < 1.29 is 14.1 Å². The fraction of sp³-hybridized carbons (Fsp3) is 0.217. The Bertz CT molecular complexity index is 1070. The Morgan fingerprint density at radius 1 is 1.10 bits per heavy atom. The third-order valence-corrected chi connectivity index (χ3v) is 5.65. The Balaban J connectivity index is 2.03. The van der Waals surface area contributed by atoms with E-state index in [0.29, 0.717) is 38.6 Å². The molecule has 0 radical (unpaired) electrons. The number of pyridine rings is 1. The van der Waals surface area contributed by atoms with Gasteiger partial charge in [-0.3, -0.25) is 0 Å². The van der Waals surface area contributed by atoms with Crippen LogP contribution >= 0.6 is 35.4 Å². The van der Waals surface area contributed by atoms with Crippen LogP contribution in [-0.4, -0.2) is 4.99 Å². The number of hydrogen-bond donors (Lipinski definition) is 1. The molecule has 0 aliphatic carbocycles. The second-order valence-electron chi connectivity index (χ2n) is 7.81. The molecule has 7 heteroatoms. The van der Waals surface area contributed by atoms with E-state index in [1.165, 1.54) is 0 Å². The minimum atomic E-state index is -0.265. The molecule has 0 saturated heterocycles. The van der Waals surface area contributed by atoms with Crippen molar-refractivity contribution in [2.45, 2.75) is 32.7 Å². The van der Waals surface area contributed by atoms with Crippen LogP contribution < -0.4 is 15.0 Å². The van der Waals surface area contributed by atoms with Gasteiger partial charge >= 0.3 is 0 Å². The molecule has 0 aliphatic heterocycles. The Morgan fingerprint density at radius 3 is 2.37 bits per heavy atom. The van der Waals surface area contributed by atoms with Gasteiger partial charge in [0.05, 0.1) is 22.9 Å². The number of benzene rings is 1. The molecule has 30 heavy (non-hydrogen) atoms. The van der Waals surface area contributed by atoms with Crippen LogP contribution in [-0.2, 0) is 12.0 Å². The van der Waals surface area contributed by atoms with Gasteiger partial charge in [-0.1, -0.05) is 62.3 Å². The smallest absolute Gasteiger partial charge is 0.237 e. The van der Waals surface area contributed by atoms with E-state index in [9.17, 15) is 5.11 Å². The van der Waals surface area contributed by atoms with Gasteiger partial charge in [-0.05, 0) is 46.6 Å². The average molecular weight is 461 g/mol. The lowest BCUT2D eigenvalue weighted by atomic mass is 9.88. The topological polar surface area (TPSA) is 52.1 Å². The highest BCUT2D eigenvalue weighted by molar-refractivity contribution is 7.81. The lowest BCUT2D eigenvalue weighted by Crippen LogP contribution is -2.42. The monoisotopic (exact) mass is 460 g/mol. The second-order valence-corrected chi connectivity index (χ2v) is 9.04. The van der Waals surface area contributed by atoms with E-state index in [-0.39, 0.29) is 11.2 Å². The molecule has 0 fully saturated rings. The maximum Gasteiger partial charge on any atom is 0.237 e. The lowest BCUT2D eigenvalue weighted by molar-refractivity contribution is -0.578. The summed E-state index contributed by atoms with van der Waals surface area (Å²) in [7, 11) is 0. The number of halogens is 2. The zero-order valence-electron chi connectivity index (χ0n) is 16.9. The molecule has 4 nitrogen and oxygen atoms in total. The van der Waals surface area contributed by atoms with Crippen LogP contribution in [0.1, 0.15) is 37.7 Å². The minimum absolute atomic E-state index is 0.00892. The largest absolute Gasteiger partial charge is 0.867 e. The number of hydrogen-bond acceptors (Lipinski definition) is 3. The normalized spacial score (nSPS) is 12.4. The maximum absolute atomic E-state index is 13.4. The third-order valence-electron chi connectivity index (χ3n) is 4.57. The molecule has 0 spiro atoms. The van der Waals surface area contributed by atoms with Crippen molar-refractivity contribution in [1.29, 1.82) is 0 Å². The van der Waals surface area contributed by atoms with Gasteiger partial charge in [-0.25, -0.2) is 0 Å². The number of aromatic nitrogens is 1. The molecule has 156 valence electrons. The van der Waals surface area contributed by atoms with Crippen molar-refractivity contribution >= 4 is 51.9 Å². The molecule has 2 heterocycles. The molecule has 1 N–H and O–H groups in total. The van der Waals surface area contributed by atoms with Crippen LogP contribution in [0.25, 0.3) is 11.5 Å². The molecule has 0 unspecified atom stereocenters. The summed E-state index contributed by atoms with van der Waals surface area (Å²) in [5.74, 6) is 0.450. The number of thiocarbonyl (C=S) groups is 1. The maximum atomic E-state index is 13.4. The van der Waals surface area contributed by atoms with Gasteiger partial charge in [-0.2, -0.15) is 4.57 Å². The number of rotatable bonds is 5. The highest BCUT2D eigenvalue weighted by atomic mass is 35.5. The van der Waals surface area contributed by atoms with Crippen LogP contribution in [0.15, 0.2) is 65.5 Å². The van der Waals surface area contributed by atoms with Crippen LogP contribution in [0.5, 0.6) is 0 Å². The SMILES string of the molecule is CC(C)(C)c1cc[n+](/C(C(=S)NCc2ccco2)=C(/[O-])c2ccc(Cl)c(Cl)c2)cc1. The molecular formula is C23H22Cl2N2O2S. The molecular weight excluding hydrogens is 439 g/mol. The van der Waals surface area contributed by atoms with E-state index < -0.39 is 0 Å².